The van der Waals surface area contributed by atoms with Crippen LogP contribution in [-0.2, 0) is 4.74 Å². The topological polar surface area (TPSA) is 9.23 Å². The van der Waals surface area contributed by atoms with Crippen LogP contribution in [0.5, 0.6) is 0 Å². The molecule has 0 N–H and O–H groups in total. The lowest BCUT2D eigenvalue weighted by atomic mass is 10.1. The number of ether oxygens (including phenoxy) is 1. The van der Waals surface area contributed by atoms with Crippen LogP contribution in [-0.4, -0.2) is 12.2 Å². The lowest BCUT2D eigenvalue weighted by Gasteiger charge is -2.23. The number of rotatable bonds is 7. The lowest BCUT2D eigenvalue weighted by Crippen LogP contribution is -2.23. The third kappa shape index (κ3) is 6.66. The van der Waals surface area contributed by atoms with E-state index in [0.29, 0.717) is 0 Å². The molecule has 0 fully saturated rings. The van der Waals surface area contributed by atoms with Crippen LogP contribution in [0.1, 0.15) is 52.9 Å². The Labute approximate surface area is 77.5 Å². The Morgan fingerprint density at radius 2 is 1.83 bits per heavy atom. The monoisotopic (exact) mass is 171 g/mol. The summed E-state index contributed by atoms with van der Waals surface area (Å²) in [6.07, 6.45) is 5.80. The van der Waals surface area contributed by atoms with E-state index in [4.69, 9.17) is 4.74 Å². The normalized spacial score (nSPS) is 12.0. The fourth-order valence-corrected chi connectivity index (χ4v) is 0.906. The first kappa shape index (κ1) is 12.0. The molecule has 0 aliphatic carbocycles. The summed E-state index contributed by atoms with van der Waals surface area (Å²) in [7, 11) is 0. The Morgan fingerprint density at radius 1 is 1.17 bits per heavy atom. The molecule has 0 aromatic carbocycles. The van der Waals surface area contributed by atoms with Crippen molar-refractivity contribution >= 4 is 0 Å². The van der Waals surface area contributed by atoms with Crippen LogP contribution in [0.4, 0.5) is 0 Å². The molecule has 1 nitrogen and oxygen atoms in total. The van der Waals surface area contributed by atoms with Gasteiger partial charge in [-0.2, -0.15) is 0 Å². The lowest BCUT2D eigenvalue weighted by molar-refractivity contribution is -0.0216. The van der Waals surface area contributed by atoms with E-state index in [2.05, 4.69) is 27.7 Å². The first-order valence-corrected chi connectivity index (χ1v) is 5.05. The van der Waals surface area contributed by atoms with E-state index in [9.17, 15) is 0 Å². The molecule has 0 unspecified atom stereocenters. The average Bonchev–Trinajstić information content (AvgIpc) is 2.04. The molecule has 0 rings (SSSR count). The van der Waals surface area contributed by atoms with Gasteiger partial charge in [0.05, 0.1) is 5.60 Å². The molecular weight excluding hydrogens is 148 g/mol. The van der Waals surface area contributed by atoms with Crippen molar-refractivity contribution in [3.05, 3.63) is 6.92 Å². The van der Waals surface area contributed by atoms with Gasteiger partial charge >= 0.3 is 0 Å². The van der Waals surface area contributed by atoms with Crippen LogP contribution in [0.3, 0.4) is 0 Å². The summed E-state index contributed by atoms with van der Waals surface area (Å²) in [4.78, 5) is 0. The first-order chi connectivity index (χ1) is 5.62. The highest BCUT2D eigenvalue weighted by Gasteiger charge is 2.13. The molecular formula is C11H23O. The summed E-state index contributed by atoms with van der Waals surface area (Å²) < 4.78 is 5.70. The van der Waals surface area contributed by atoms with Gasteiger partial charge in [-0.3, -0.25) is 0 Å². The minimum atomic E-state index is 0.0739. The molecule has 1 heteroatoms. The van der Waals surface area contributed by atoms with Crippen LogP contribution in [0.2, 0.25) is 0 Å². The van der Waals surface area contributed by atoms with Crippen molar-refractivity contribution in [3.63, 3.8) is 0 Å². The van der Waals surface area contributed by atoms with Crippen LogP contribution >= 0.6 is 0 Å². The largest absolute Gasteiger partial charge is 0.376 e. The summed E-state index contributed by atoms with van der Waals surface area (Å²) >= 11 is 0. The predicted octanol–water partition coefficient (Wildman–Crippen LogP) is 3.59. The van der Waals surface area contributed by atoms with Crippen molar-refractivity contribution in [2.24, 2.45) is 0 Å². The number of hydrogen-bond donors (Lipinski definition) is 0. The van der Waals surface area contributed by atoms with E-state index in [1.54, 1.807) is 0 Å². The van der Waals surface area contributed by atoms with E-state index < -0.39 is 0 Å². The highest BCUT2D eigenvalue weighted by Crippen LogP contribution is 2.14. The van der Waals surface area contributed by atoms with Crippen LogP contribution < -0.4 is 0 Å². The van der Waals surface area contributed by atoms with Gasteiger partial charge in [-0.25, -0.2) is 0 Å². The highest BCUT2D eigenvalue weighted by molar-refractivity contribution is 4.64. The molecule has 0 saturated heterocycles. The molecule has 0 heterocycles. The van der Waals surface area contributed by atoms with Crippen molar-refractivity contribution in [2.45, 2.75) is 58.5 Å². The summed E-state index contributed by atoms with van der Waals surface area (Å²) in [5, 5.41) is 0. The van der Waals surface area contributed by atoms with Crippen molar-refractivity contribution in [3.8, 4) is 0 Å². The fraction of sp³-hybridized carbons (Fsp3) is 0.909. The van der Waals surface area contributed by atoms with Gasteiger partial charge in [0.1, 0.15) is 0 Å². The minimum Gasteiger partial charge on any atom is -0.376 e. The van der Waals surface area contributed by atoms with E-state index in [0.717, 1.165) is 19.4 Å². The summed E-state index contributed by atoms with van der Waals surface area (Å²) in [5.41, 5.74) is 0.0739. The fourth-order valence-electron chi connectivity index (χ4n) is 0.906. The molecule has 0 aromatic rings. The van der Waals surface area contributed by atoms with Gasteiger partial charge in [0.15, 0.2) is 0 Å². The summed E-state index contributed by atoms with van der Waals surface area (Å²) in [6, 6.07) is 0. The van der Waals surface area contributed by atoms with E-state index in [1.807, 2.05) is 0 Å². The molecule has 0 amide bonds. The van der Waals surface area contributed by atoms with Gasteiger partial charge in [-0.15, -0.1) is 0 Å². The van der Waals surface area contributed by atoms with Crippen molar-refractivity contribution < 1.29 is 4.74 Å². The van der Waals surface area contributed by atoms with Crippen LogP contribution in [0, 0.1) is 6.92 Å². The highest BCUT2D eigenvalue weighted by atomic mass is 16.5. The zero-order valence-electron chi connectivity index (χ0n) is 8.86. The maximum Gasteiger partial charge on any atom is 0.0623 e. The maximum atomic E-state index is 5.70. The molecule has 1 radical (unpaired) electrons. The zero-order chi connectivity index (χ0) is 9.45. The SMILES string of the molecule is [CH2]CCCCCOC(C)(C)CC. The standard InChI is InChI=1S/C11H23O/c1-5-7-8-9-10-12-11(3,4)6-2/h1,5-10H2,2-4H3. The van der Waals surface area contributed by atoms with E-state index in [1.165, 1.54) is 19.3 Å². The molecule has 0 spiro atoms. The first-order valence-electron chi connectivity index (χ1n) is 5.05. The van der Waals surface area contributed by atoms with Crippen LogP contribution in [0.25, 0.3) is 0 Å². The minimum absolute atomic E-state index is 0.0739. The second kappa shape index (κ2) is 6.47. The molecule has 12 heavy (non-hydrogen) atoms. The van der Waals surface area contributed by atoms with Gasteiger partial charge in [0.25, 0.3) is 0 Å². The third-order valence-corrected chi connectivity index (χ3v) is 2.24. The van der Waals surface area contributed by atoms with Gasteiger partial charge in [-0.05, 0) is 26.7 Å². The number of unbranched alkanes of at least 4 members (excludes halogenated alkanes) is 3. The Kier molecular flexibility index (Phi) is 6.45. The van der Waals surface area contributed by atoms with Gasteiger partial charge in [-0.1, -0.05) is 33.1 Å². The Morgan fingerprint density at radius 3 is 2.33 bits per heavy atom. The van der Waals surface area contributed by atoms with Crippen molar-refractivity contribution in [1.29, 1.82) is 0 Å². The molecule has 0 bridgehead atoms. The number of hydrogen-bond acceptors (Lipinski definition) is 1. The smallest absolute Gasteiger partial charge is 0.0623 e. The maximum absolute atomic E-state index is 5.70. The molecule has 0 aromatic heterocycles. The predicted molar refractivity (Wildman–Crippen MR) is 54.1 cm³/mol. The van der Waals surface area contributed by atoms with Gasteiger partial charge in [0, 0.05) is 6.61 Å². The second-order valence-electron chi connectivity index (χ2n) is 3.88. The molecule has 73 valence electrons. The Bertz CT molecular complexity index is 97.2. The molecule has 0 aliphatic heterocycles. The van der Waals surface area contributed by atoms with Crippen LogP contribution in [0.15, 0.2) is 0 Å². The molecule has 0 atom stereocenters. The van der Waals surface area contributed by atoms with E-state index >= 15 is 0 Å². The molecule has 0 saturated carbocycles. The van der Waals surface area contributed by atoms with Gasteiger partial charge in [0.2, 0.25) is 0 Å². The second-order valence-corrected chi connectivity index (χ2v) is 3.88. The summed E-state index contributed by atoms with van der Waals surface area (Å²) in [6.45, 7) is 11.2. The van der Waals surface area contributed by atoms with Gasteiger partial charge < -0.3 is 4.74 Å². The quantitative estimate of drug-likeness (QED) is 0.532. The van der Waals surface area contributed by atoms with E-state index in [-0.39, 0.29) is 5.60 Å². The average molecular weight is 171 g/mol. The summed E-state index contributed by atoms with van der Waals surface area (Å²) in [5.74, 6) is 0. The van der Waals surface area contributed by atoms with Crippen molar-refractivity contribution in [1.82, 2.24) is 0 Å². The molecule has 0 aliphatic rings. The Hall–Kier alpha value is -0.0400. The Balaban J connectivity index is 3.19. The van der Waals surface area contributed by atoms with Crippen molar-refractivity contribution in [2.75, 3.05) is 6.61 Å². The zero-order valence-corrected chi connectivity index (χ0v) is 8.86. The third-order valence-electron chi connectivity index (χ3n) is 2.24.